The second-order valence-corrected chi connectivity index (χ2v) is 4.09. The maximum atomic E-state index is 11.5. The fraction of sp³-hybridized carbons (Fsp3) is 0.462. The highest BCUT2D eigenvalue weighted by molar-refractivity contribution is 5.76. The van der Waals surface area contributed by atoms with Gasteiger partial charge in [0, 0.05) is 18.8 Å². The lowest BCUT2D eigenvalue weighted by Crippen LogP contribution is -2.36. The van der Waals surface area contributed by atoms with Gasteiger partial charge in [0.25, 0.3) is 0 Å². The Hall–Kier alpha value is -1.75. The first-order valence-electron chi connectivity index (χ1n) is 5.88. The Balaban J connectivity index is 2.21. The monoisotopic (exact) mass is 252 g/mol. The predicted octanol–water partition coefficient (Wildman–Crippen LogP) is 1.19. The molecule has 100 valence electrons. The van der Waals surface area contributed by atoms with Gasteiger partial charge in [-0.3, -0.25) is 4.79 Å². The molecule has 1 amide bonds. The van der Waals surface area contributed by atoms with Crippen LogP contribution in [0.3, 0.4) is 0 Å². The van der Waals surface area contributed by atoms with Crippen molar-refractivity contribution in [2.24, 2.45) is 0 Å². The first-order chi connectivity index (χ1) is 8.61. The van der Waals surface area contributed by atoms with Crippen molar-refractivity contribution >= 4 is 11.6 Å². The third kappa shape index (κ3) is 5.54. The zero-order valence-electron chi connectivity index (χ0n) is 10.8. The Labute approximate surface area is 107 Å². The fourth-order valence-corrected chi connectivity index (χ4v) is 1.46. The molecular weight excluding hydrogens is 232 g/mol. The summed E-state index contributed by atoms with van der Waals surface area (Å²) in [5.41, 5.74) is 6.24. The maximum absolute atomic E-state index is 11.5. The number of nitrogens with two attached hydrogens (primary N) is 1. The summed E-state index contributed by atoms with van der Waals surface area (Å²) in [7, 11) is 1.60. The molecule has 0 aliphatic heterocycles. The summed E-state index contributed by atoms with van der Waals surface area (Å²) >= 11 is 0. The molecule has 1 atom stereocenters. The van der Waals surface area contributed by atoms with E-state index in [1.165, 1.54) is 0 Å². The maximum Gasteiger partial charge on any atom is 0.223 e. The number of nitrogens with one attached hydrogen (secondary N) is 1. The van der Waals surface area contributed by atoms with E-state index in [0.29, 0.717) is 31.1 Å². The molecule has 1 aromatic carbocycles. The quantitative estimate of drug-likeness (QED) is 0.715. The Morgan fingerprint density at radius 2 is 2.06 bits per heavy atom. The molecule has 0 aromatic heterocycles. The van der Waals surface area contributed by atoms with Gasteiger partial charge in [0.1, 0.15) is 5.75 Å². The molecule has 0 radical (unpaired) electrons. The molecule has 0 aliphatic carbocycles. The van der Waals surface area contributed by atoms with Crippen molar-refractivity contribution < 1.29 is 14.3 Å². The van der Waals surface area contributed by atoms with Crippen LogP contribution in [0.4, 0.5) is 5.69 Å². The lowest BCUT2D eigenvalue weighted by Gasteiger charge is -2.12. The van der Waals surface area contributed by atoms with Gasteiger partial charge in [0.2, 0.25) is 5.91 Å². The van der Waals surface area contributed by atoms with Crippen LogP contribution in [-0.4, -0.2) is 32.3 Å². The summed E-state index contributed by atoms with van der Waals surface area (Å²) in [6, 6.07) is 7.09. The van der Waals surface area contributed by atoms with Gasteiger partial charge < -0.3 is 20.5 Å². The number of carbonyl (C=O) groups is 1. The third-order valence-corrected chi connectivity index (χ3v) is 2.30. The van der Waals surface area contributed by atoms with Crippen LogP contribution in [0.5, 0.6) is 5.75 Å². The highest BCUT2D eigenvalue weighted by Crippen LogP contribution is 2.12. The number of rotatable bonds is 7. The SMILES string of the molecule is COCC(C)NC(=O)CCOc1ccc(N)cc1. The van der Waals surface area contributed by atoms with Crippen LogP contribution in [0, 0.1) is 0 Å². The van der Waals surface area contributed by atoms with Crippen molar-refractivity contribution in [3.05, 3.63) is 24.3 Å². The summed E-state index contributed by atoms with van der Waals surface area (Å²) in [5, 5.41) is 2.81. The number of amides is 1. The number of ether oxygens (including phenoxy) is 2. The molecule has 0 heterocycles. The average Bonchev–Trinajstić information content (AvgIpc) is 2.32. The Morgan fingerprint density at radius 1 is 1.39 bits per heavy atom. The number of carbonyl (C=O) groups excluding carboxylic acids is 1. The molecule has 0 fully saturated rings. The average molecular weight is 252 g/mol. The second-order valence-electron chi connectivity index (χ2n) is 4.09. The minimum absolute atomic E-state index is 0.0130. The van der Waals surface area contributed by atoms with Gasteiger partial charge >= 0.3 is 0 Å². The molecular formula is C13H20N2O3. The summed E-state index contributed by atoms with van der Waals surface area (Å²) < 4.78 is 10.4. The van der Waals surface area contributed by atoms with E-state index >= 15 is 0 Å². The third-order valence-electron chi connectivity index (χ3n) is 2.30. The lowest BCUT2D eigenvalue weighted by molar-refractivity contribution is -0.122. The number of nitrogen functional groups attached to an aromatic ring is 1. The molecule has 1 rings (SSSR count). The van der Waals surface area contributed by atoms with E-state index < -0.39 is 0 Å². The molecule has 18 heavy (non-hydrogen) atoms. The standard InChI is InChI=1S/C13H20N2O3/c1-10(9-17-2)15-13(16)7-8-18-12-5-3-11(14)4-6-12/h3-6,10H,7-9,14H2,1-2H3,(H,15,16). The Morgan fingerprint density at radius 3 is 2.67 bits per heavy atom. The van der Waals surface area contributed by atoms with Crippen molar-refractivity contribution in [3.8, 4) is 5.75 Å². The Kier molecular flexibility index (Phi) is 6.00. The van der Waals surface area contributed by atoms with Crippen LogP contribution in [-0.2, 0) is 9.53 Å². The molecule has 0 spiro atoms. The molecule has 0 bridgehead atoms. The van der Waals surface area contributed by atoms with Crippen LogP contribution >= 0.6 is 0 Å². The molecule has 1 unspecified atom stereocenters. The molecule has 3 N–H and O–H groups in total. The van der Waals surface area contributed by atoms with Gasteiger partial charge in [-0.25, -0.2) is 0 Å². The van der Waals surface area contributed by atoms with Crippen LogP contribution in [0.2, 0.25) is 0 Å². The number of hydrogen-bond acceptors (Lipinski definition) is 4. The predicted molar refractivity (Wildman–Crippen MR) is 70.4 cm³/mol. The number of methoxy groups -OCH3 is 1. The minimum Gasteiger partial charge on any atom is -0.493 e. The van der Waals surface area contributed by atoms with Crippen LogP contribution in [0.25, 0.3) is 0 Å². The summed E-state index contributed by atoms with van der Waals surface area (Å²) in [4.78, 5) is 11.5. The highest BCUT2D eigenvalue weighted by Gasteiger charge is 2.06. The highest BCUT2D eigenvalue weighted by atomic mass is 16.5. The van der Waals surface area contributed by atoms with E-state index in [-0.39, 0.29) is 11.9 Å². The fourth-order valence-electron chi connectivity index (χ4n) is 1.46. The van der Waals surface area contributed by atoms with E-state index in [0.717, 1.165) is 0 Å². The van der Waals surface area contributed by atoms with E-state index in [1.807, 2.05) is 6.92 Å². The summed E-state index contributed by atoms with van der Waals surface area (Å²) in [6.45, 7) is 2.74. The van der Waals surface area contributed by atoms with E-state index in [2.05, 4.69) is 5.32 Å². The van der Waals surface area contributed by atoms with Crippen LogP contribution in [0.1, 0.15) is 13.3 Å². The summed E-state index contributed by atoms with van der Waals surface area (Å²) in [6.07, 6.45) is 0.318. The van der Waals surface area contributed by atoms with Crippen LogP contribution < -0.4 is 15.8 Å². The number of benzene rings is 1. The first-order valence-corrected chi connectivity index (χ1v) is 5.88. The summed E-state index contributed by atoms with van der Waals surface area (Å²) in [5.74, 6) is 0.664. The van der Waals surface area contributed by atoms with E-state index in [9.17, 15) is 4.79 Å². The first kappa shape index (κ1) is 14.3. The zero-order chi connectivity index (χ0) is 13.4. The van der Waals surface area contributed by atoms with Gasteiger partial charge in [-0.2, -0.15) is 0 Å². The molecule has 5 nitrogen and oxygen atoms in total. The zero-order valence-corrected chi connectivity index (χ0v) is 10.8. The van der Waals surface area contributed by atoms with E-state index in [4.69, 9.17) is 15.2 Å². The molecule has 0 saturated heterocycles. The van der Waals surface area contributed by atoms with Crippen molar-refractivity contribution in [2.45, 2.75) is 19.4 Å². The second kappa shape index (κ2) is 7.55. The van der Waals surface area contributed by atoms with Gasteiger partial charge in [0.05, 0.1) is 19.6 Å². The molecule has 0 aliphatic rings. The molecule has 5 heteroatoms. The van der Waals surface area contributed by atoms with Gasteiger partial charge in [0.15, 0.2) is 0 Å². The smallest absolute Gasteiger partial charge is 0.223 e. The Bertz CT molecular complexity index is 365. The van der Waals surface area contributed by atoms with Crippen molar-refractivity contribution in [1.82, 2.24) is 5.32 Å². The van der Waals surface area contributed by atoms with Gasteiger partial charge in [-0.15, -0.1) is 0 Å². The molecule has 0 saturated carbocycles. The number of anilines is 1. The largest absolute Gasteiger partial charge is 0.493 e. The van der Waals surface area contributed by atoms with Gasteiger partial charge in [-0.05, 0) is 31.2 Å². The van der Waals surface area contributed by atoms with Crippen molar-refractivity contribution in [2.75, 3.05) is 26.1 Å². The minimum atomic E-state index is -0.0463. The van der Waals surface area contributed by atoms with Gasteiger partial charge in [-0.1, -0.05) is 0 Å². The molecule has 1 aromatic rings. The number of hydrogen-bond donors (Lipinski definition) is 2. The van der Waals surface area contributed by atoms with E-state index in [1.54, 1.807) is 31.4 Å². The van der Waals surface area contributed by atoms with Crippen molar-refractivity contribution in [1.29, 1.82) is 0 Å². The van der Waals surface area contributed by atoms with Crippen molar-refractivity contribution in [3.63, 3.8) is 0 Å². The lowest BCUT2D eigenvalue weighted by atomic mass is 10.3. The topological polar surface area (TPSA) is 73.6 Å². The normalized spacial score (nSPS) is 11.9. The van der Waals surface area contributed by atoms with Crippen LogP contribution in [0.15, 0.2) is 24.3 Å².